The standard InChI is InChI=1S/C36H29N7O2S/c1-2-33-37-31-19-18-27(42(22-24-9-4-3-5-10-24)36(45)32-13-8-20-46-32)21-30(31)35(44)43(33)23-25-14-16-26(17-15-25)28-11-6-7-12-29(28)34-38-40-41-39-34/h3-21H,2,22-23H2,1H3,(H,38,39,40,41). The van der Waals surface area contributed by atoms with Crippen LogP contribution < -0.4 is 10.5 Å². The molecule has 3 heterocycles. The van der Waals surface area contributed by atoms with Gasteiger partial charge in [0.25, 0.3) is 11.5 Å². The molecular formula is C36H29N7O2S. The summed E-state index contributed by atoms with van der Waals surface area (Å²) < 4.78 is 1.73. The lowest BCUT2D eigenvalue weighted by Gasteiger charge is -2.23. The lowest BCUT2D eigenvalue weighted by Crippen LogP contribution is -2.30. The maximum Gasteiger partial charge on any atom is 0.268 e. The van der Waals surface area contributed by atoms with E-state index in [1.54, 1.807) is 15.5 Å². The first-order valence-electron chi connectivity index (χ1n) is 14.9. The van der Waals surface area contributed by atoms with Crippen LogP contribution in [0, 0.1) is 0 Å². The van der Waals surface area contributed by atoms with Gasteiger partial charge < -0.3 is 4.90 Å². The molecule has 0 atom stereocenters. The highest BCUT2D eigenvalue weighted by Crippen LogP contribution is 2.30. The molecule has 226 valence electrons. The molecule has 4 aromatic carbocycles. The predicted octanol–water partition coefficient (Wildman–Crippen LogP) is 6.76. The van der Waals surface area contributed by atoms with Crippen molar-refractivity contribution in [2.75, 3.05) is 4.90 Å². The molecule has 0 saturated heterocycles. The molecule has 0 bridgehead atoms. The van der Waals surface area contributed by atoms with Gasteiger partial charge in [0, 0.05) is 17.7 Å². The number of amides is 1. The van der Waals surface area contributed by atoms with E-state index in [0.29, 0.717) is 52.6 Å². The zero-order chi connectivity index (χ0) is 31.5. The Balaban J connectivity index is 1.24. The largest absolute Gasteiger partial charge is 0.303 e. The molecule has 0 aliphatic rings. The second-order valence-electron chi connectivity index (χ2n) is 10.8. The molecule has 7 aromatic rings. The van der Waals surface area contributed by atoms with Gasteiger partial charge in [0.15, 0.2) is 5.82 Å². The first kappa shape index (κ1) is 29.0. The first-order chi connectivity index (χ1) is 22.6. The number of thiophene rings is 1. The second kappa shape index (κ2) is 12.7. The average Bonchev–Trinajstić information content (AvgIpc) is 3.85. The highest BCUT2D eigenvalue weighted by molar-refractivity contribution is 7.12. The van der Waals surface area contributed by atoms with Gasteiger partial charge in [-0.25, -0.2) is 10.1 Å². The topological polar surface area (TPSA) is 110 Å². The molecule has 0 saturated carbocycles. The summed E-state index contributed by atoms with van der Waals surface area (Å²) in [5, 5.41) is 16.7. The molecule has 0 aliphatic carbocycles. The summed E-state index contributed by atoms with van der Waals surface area (Å²) in [5.41, 5.74) is 5.99. The van der Waals surface area contributed by atoms with Gasteiger partial charge >= 0.3 is 0 Å². The Bertz CT molecular complexity index is 2180. The van der Waals surface area contributed by atoms with Crippen molar-refractivity contribution < 1.29 is 4.79 Å². The van der Waals surface area contributed by atoms with Crippen LogP contribution in [0.15, 0.2) is 119 Å². The minimum Gasteiger partial charge on any atom is -0.303 e. The Morgan fingerprint density at radius 3 is 2.37 bits per heavy atom. The van der Waals surface area contributed by atoms with E-state index in [-0.39, 0.29) is 11.5 Å². The highest BCUT2D eigenvalue weighted by Gasteiger charge is 2.21. The monoisotopic (exact) mass is 623 g/mol. The highest BCUT2D eigenvalue weighted by atomic mass is 32.1. The Morgan fingerprint density at radius 2 is 1.65 bits per heavy atom. The van der Waals surface area contributed by atoms with E-state index in [2.05, 4.69) is 20.6 Å². The van der Waals surface area contributed by atoms with Crippen LogP contribution in [0.1, 0.15) is 33.5 Å². The van der Waals surface area contributed by atoms with E-state index in [0.717, 1.165) is 27.8 Å². The normalized spacial score (nSPS) is 11.2. The van der Waals surface area contributed by atoms with Gasteiger partial charge in [-0.2, -0.15) is 0 Å². The van der Waals surface area contributed by atoms with Crippen molar-refractivity contribution in [3.63, 3.8) is 0 Å². The van der Waals surface area contributed by atoms with Crippen LogP contribution in [0.5, 0.6) is 0 Å². The van der Waals surface area contributed by atoms with Crippen LogP contribution in [-0.4, -0.2) is 36.1 Å². The molecule has 0 aliphatic heterocycles. The van der Waals surface area contributed by atoms with Crippen molar-refractivity contribution in [3.8, 4) is 22.5 Å². The fraction of sp³-hybridized carbons (Fsp3) is 0.111. The number of hydrogen-bond acceptors (Lipinski definition) is 7. The fourth-order valence-electron chi connectivity index (χ4n) is 5.62. The van der Waals surface area contributed by atoms with E-state index in [1.807, 2.05) is 115 Å². The molecular weight excluding hydrogens is 595 g/mol. The maximum atomic E-state index is 14.1. The molecule has 0 spiro atoms. The van der Waals surface area contributed by atoms with Crippen LogP contribution in [0.2, 0.25) is 0 Å². The van der Waals surface area contributed by atoms with Gasteiger partial charge in [-0.15, -0.1) is 16.4 Å². The smallest absolute Gasteiger partial charge is 0.268 e. The molecule has 1 N–H and O–H groups in total. The molecule has 9 nitrogen and oxygen atoms in total. The number of nitrogens with zero attached hydrogens (tertiary/aromatic N) is 6. The molecule has 1 amide bonds. The number of carbonyl (C=O) groups is 1. The van der Waals surface area contributed by atoms with Crippen LogP contribution in [0.25, 0.3) is 33.4 Å². The van der Waals surface area contributed by atoms with E-state index in [1.165, 1.54) is 11.3 Å². The number of aryl methyl sites for hydroxylation is 1. The quantitative estimate of drug-likeness (QED) is 0.190. The third kappa shape index (κ3) is 5.73. The number of aromatic nitrogens is 6. The Hall–Kier alpha value is -5.74. The average molecular weight is 624 g/mol. The minimum absolute atomic E-state index is 0.113. The van der Waals surface area contributed by atoms with Crippen molar-refractivity contribution >= 4 is 33.8 Å². The Kier molecular flexibility index (Phi) is 8.01. The number of aromatic amines is 1. The number of anilines is 1. The first-order valence-corrected chi connectivity index (χ1v) is 15.8. The molecule has 0 radical (unpaired) electrons. The number of nitrogens with one attached hydrogen (secondary N) is 1. The maximum absolute atomic E-state index is 14.1. The molecule has 0 fully saturated rings. The van der Waals surface area contributed by atoms with Crippen molar-refractivity contribution in [1.29, 1.82) is 0 Å². The summed E-state index contributed by atoms with van der Waals surface area (Å²) in [6.45, 7) is 2.74. The zero-order valence-electron chi connectivity index (χ0n) is 25.0. The van der Waals surface area contributed by atoms with Gasteiger partial charge in [0.2, 0.25) is 0 Å². The molecule has 10 heteroatoms. The van der Waals surface area contributed by atoms with Crippen molar-refractivity contribution in [3.05, 3.63) is 147 Å². The van der Waals surface area contributed by atoms with Gasteiger partial charge in [-0.05, 0) is 62.3 Å². The Morgan fingerprint density at radius 1 is 0.870 bits per heavy atom. The Labute approximate surface area is 268 Å². The van der Waals surface area contributed by atoms with Crippen molar-refractivity contribution in [2.45, 2.75) is 26.4 Å². The number of carbonyl (C=O) groups excluding carboxylic acids is 1. The molecule has 0 unspecified atom stereocenters. The predicted molar refractivity (Wildman–Crippen MR) is 181 cm³/mol. The second-order valence-corrected chi connectivity index (χ2v) is 11.8. The van der Waals surface area contributed by atoms with Crippen LogP contribution in [0.4, 0.5) is 5.69 Å². The summed E-state index contributed by atoms with van der Waals surface area (Å²) in [5.74, 6) is 1.19. The van der Waals surface area contributed by atoms with E-state index in [4.69, 9.17) is 4.98 Å². The third-order valence-electron chi connectivity index (χ3n) is 7.94. The number of fused-ring (bicyclic) bond motifs is 1. The minimum atomic E-state index is -0.140. The van der Waals surface area contributed by atoms with Gasteiger partial charge in [-0.3, -0.25) is 14.2 Å². The third-order valence-corrected chi connectivity index (χ3v) is 8.80. The number of benzene rings is 4. The summed E-state index contributed by atoms with van der Waals surface area (Å²) in [6.07, 6.45) is 0.598. The SMILES string of the molecule is CCc1nc2ccc(N(Cc3ccccc3)C(=O)c3cccs3)cc2c(=O)n1Cc1ccc(-c2ccccc2-c2nnn[nH]2)cc1. The lowest BCUT2D eigenvalue weighted by molar-refractivity contribution is 0.0989. The summed E-state index contributed by atoms with van der Waals surface area (Å²) in [4.78, 5) is 35.0. The fourth-order valence-corrected chi connectivity index (χ4v) is 6.29. The lowest BCUT2D eigenvalue weighted by atomic mass is 9.98. The van der Waals surface area contributed by atoms with Crippen LogP contribution in [0.3, 0.4) is 0 Å². The van der Waals surface area contributed by atoms with E-state index < -0.39 is 0 Å². The van der Waals surface area contributed by atoms with Gasteiger partial charge in [-0.1, -0.05) is 91.9 Å². The summed E-state index contributed by atoms with van der Waals surface area (Å²) in [6, 6.07) is 35.1. The van der Waals surface area contributed by atoms with E-state index in [9.17, 15) is 9.59 Å². The molecule has 7 rings (SSSR count). The van der Waals surface area contributed by atoms with E-state index >= 15 is 0 Å². The van der Waals surface area contributed by atoms with Gasteiger partial charge in [0.1, 0.15) is 5.82 Å². The zero-order valence-corrected chi connectivity index (χ0v) is 25.8. The van der Waals surface area contributed by atoms with Crippen LogP contribution in [-0.2, 0) is 19.5 Å². The summed E-state index contributed by atoms with van der Waals surface area (Å²) >= 11 is 1.40. The number of H-pyrrole nitrogens is 1. The number of hydrogen-bond donors (Lipinski definition) is 1. The van der Waals surface area contributed by atoms with Crippen LogP contribution >= 0.6 is 11.3 Å². The number of tetrazole rings is 1. The number of rotatable bonds is 9. The summed E-state index contributed by atoms with van der Waals surface area (Å²) in [7, 11) is 0. The van der Waals surface area contributed by atoms with Crippen molar-refractivity contribution in [1.82, 2.24) is 30.2 Å². The molecule has 46 heavy (non-hydrogen) atoms. The molecule has 3 aromatic heterocycles. The van der Waals surface area contributed by atoms with Gasteiger partial charge in [0.05, 0.1) is 28.9 Å². The van der Waals surface area contributed by atoms with Crippen molar-refractivity contribution in [2.24, 2.45) is 0 Å².